The van der Waals surface area contributed by atoms with Gasteiger partial charge in [0.2, 0.25) is 0 Å². The fourth-order valence-corrected chi connectivity index (χ4v) is 4.79. The number of nitrogens with zero attached hydrogens (tertiary/aromatic N) is 2. The van der Waals surface area contributed by atoms with E-state index in [2.05, 4.69) is 95.7 Å². The van der Waals surface area contributed by atoms with Crippen molar-refractivity contribution in [3.8, 4) is 11.1 Å². The summed E-state index contributed by atoms with van der Waals surface area (Å²) in [7, 11) is 0. The Morgan fingerprint density at radius 3 is 2.50 bits per heavy atom. The number of hydrogen-bond acceptors (Lipinski definition) is 3. The lowest BCUT2D eigenvalue weighted by molar-refractivity contribution is 0.122. The number of pyridine rings is 1. The van der Waals surface area contributed by atoms with Crippen molar-refractivity contribution in [2.45, 2.75) is 6.92 Å². The van der Waals surface area contributed by atoms with E-state index in [0.717, 1.165) is 48.4 Å². The van der Waals surface area contributed by atoms with E-state index in [9.17, 15) is 0 Å². The van der Waals surface area contributed by atoms with Crippen molar-refractivity contribution in [3.05, 3.63) is 95.7 Å². The van der Waals surface area contributed by atoms with Gasteiger partial charge in [0.25, 0.3) is 0 Å². The van der Waals surface area contributed by atoms with Crippen molar-refractivity contribution < 1.29 is 4.74 Å². The van der Waals surface area contributed by atoms with Gasteiger partial charge in [0.15, 0.2) is 0 Å². The SMILES string of the molecule is Cc1cc(N2CCOCC2)ccc1-c1ccc2[nH]c3ncc(/C=C/c4ccccc4)cc3c2c1. The number of morpholine rings is 1. The Hall–Kier alpha value is -3.89. The van der Waals surface area contributed by atoms with Crippen LogP contribution in [-0.2, 0) is 4.74 Å². The summed E-state index contributed by atoms with van der Waals surface area (Å²) in [6.45, 7) is 5.71. The van der Waals surface area contributed by atoms with Crippen LogP contribution in [-0.4, -0.2) is 36.3 Å². The van der Waals surface area contributed by atoms with E-state index in [1.165, 1.54) is 33.3 Å². The molecule has 1 aliphatic heterocycles. The van der Waals surface area contributed by atoms with E-state index in [1.54, 1.807) is 0 Å². The molecular formula is C30H27N3O. The molecule has 0 radical (unpaired) electrons. The molecule has 4 nitrogen and oxygen atoms in total. The normalized spacial score (nSPS) is 14.4. The molecule has 1 aliphatic rings. The Balaban J connectivity index is 1.36. The molecule has 0 saturated carbocycles. The van der Waals surface area contributed by atoms with Crippen LogP contribution in [0.3, 0.4) is 0 Å². The molecule has 6 rings (SSSR count). The predicted molar refractivity (Wildman–Crippen MR) is 142 cm³/mol. The van der Waals surface area contributed by atoms with Crippen LogP contribution in [0.5, 0.6) is 0 Å². The number of H-pyrrole nitrogens is 1. The molecule has 1 N–H and O–H groups in total. The Bertz CT molecular complexity index is 1490. The standard InChI is InChI=1S/C30H27N3O/c1-21-17-25(33-13-15-34-16-14-33)10-11-26(21)24-9-12-29-27(19-24)28-18-23(20-31-30(28)32-29)8-7-22-5-3-2-4-6-22/h2-12,17-20H,13-16H2,1H3,(H,31,32)/b8-7+. The number of benzene rings is 3. The second-order valence-electron chi connectivity index (χ2n) is 8.89. The molecule has 0 spiro atoms. The van der Waals surface area contributed by atoms with Gasteiger partial charge in [-0.25, -0.2) is 4.98 Å². The van der Waals surface area contributed by atoms with Crippen molar-refractivity contribution in [3.63, 3.8) is 0 Å². The molecule has 0 unspecified atom stereocenters. The van der Waals surface area contributed by atoms with Crippen molar-refractivity contribution >= 4 is 39.8 Å². The number of fused-ring (bicyclic) bond motifs is 3. The smallest absolute Gasteiger partial charge is 0.138 e. The molecule has 34 heavy (non-hydrogen) atoms. The summed E-state index contributed by atoms with van der Waals surface area (Å²) >= 11 is 0. The van der Waals surface area contributed by atoms with E-state index in [4.69, 9.17) is 9.72 Å². The summed E-state index contributed by atoms with van der Waals surface area (Å²) in [6, 6.07) is 26.0. The van der Waals surface area contributed by atoms with E-state index in [0.29, 0.717) is 0 Å². The molecule has 1 saturated heterocycles. The van der Waals surface area contributed by atoms with E-state index >= 15 is 0 Å². The number of anilines is 1. The molecule has 3 heterocycles. The number of aryl methyl sites for hydroxylation is 1. The number of nitrogens with one attached hydrogen (secondary N) is 1. The van der Waals surface area contributed by atoms with Crippen LogP contribution in [0.1, 0.15) is 16.7 Å². The first-order chi connectivity index (χ1) is 16.7. The number of aromatic amines is 1. The van der Waals surface area contributed by atoms with Crippen molar-refractivity contribution in [1.29, 1.82) is 0 Å². The minimum atomic E-state index is 0.800. The number of ether oxygens (including phenoxy) is 1. The van der Waals surface area contributed by atoms with Gasteiger partial charge in [-0.15, -0.1) is 0 Å². The third-order valence-corrected chi connectivity index (χ3v) is 6.64. The second kappa shape index (κ2) is 8.81. The molecule has 1 fully saturated rings. The maximum Gasteiger partial charge on any atom is 0.138 e. The van der Waals surface area contributed by atoms with E-state index in [1.807, 2.05) is 12.3 Å². The Morgan fingerprint density at radius 1 is 0.853 bits per heavy atom. The Labute approximate surface area is 199 Å². The number of aromatic nitrogens is 2. The lowest BCUT2D eigenvalue weighted by Crippen LogP contribution is -2.36. The first kappa shape index (κ1) is 20.7. The highest BCUT2D eigenvalue weighted by atomic mass is 16.5. The molecule has 0 atom stereocenters. The summed E-state index contributed by atoms with van der Waals surface area (Å²) in [4.78, 5) is 10.6. The second-order valence-corrected chi connectivity index (χ2v) is 8.89. The molecule has 0 aliphatic carbocycles. The van der Waals surface area contributed by atoms with Gasteiger partial charge in [0.05, 0.1) is 13.2 Å². The maximum atomic E-state index is 5.51. The average molecular weight is 446 g/mol. The molecule has 0 amide bonds. The van der Waals surface area contributed by atoms with Gasteiger partial charge in [0.1, 0.15) is 5.65 Å². The van der Waals surface area contributed by atoms with Crippen LogP contribution < -0.4 is 4.90 Å². The molecule has 5 aromatic rings. The minimum Gasteiger partial charge on any atom is -0.378 e. The first-order valence-corrected chi connectivity index (χ1v) is 11.8. The van der Waals surface area contributed by atoms with Gasteiger partial charge in [0, 0.05) is 41.3 Å². The van der Waals surface area contributed by atoms with Crippen LogP contribution in [0.15, 0.2) is 79.0 Å². The third kappa shape index (κ3) is 3.97. The topological polar surface area (TPSA) is 41.1 Å². The van der Waals surface area contributed by atoms with Gasteiger partial charge in [-0.2, -0.15) is 0 Å². The van der Waals surface area contributed by atoms with Crippen LogP contribution in [0.2, 0.25) is 0 Å². The Morgan fingerprint density at radius 2 is 1.68 bits per heavy atom. The summed E-state index contributed by atoms with van der Waals surface area (Å²) in [5.74, 6) is 0. The predicted octanol–water partition coefficient (Wildman–Crippen LogP) is 6.70. The summed E-state index contributed by atoms with van der Waals surface area (Å²) < 4.78 is 5.51. The highest BCUT2D eigenvalue weighted by Crippen LogP contribution is 2.33. The van der Waals surface area contributed by atoms with Crippen LogP contribution in [0, 0.1) is 6.92 Å². The lowest BCUT2D eigenvalue weighted by Gasteiger charge is -2.29. The van der Waals surface area contributed by atoms with Crippen LogP contribution in [0.4, 0.5) is 5.69 Å². The lowest BCUT2D eigenvalue weighted by atomic mass is 9.98. The third-order valence-electron chi connectivity index (χ3n) is 6.64. The zero-order valence-corrected chi connectivity index (χ0v) is 19.3. The number of hydrogen-bond donors (Lipinski definition) is 1. The van der Waals surface area contributed by atoms with Gasteiger partial charge in [-0.3, -0.25) is 0 Å². The monoisotopic (exact) mass is 445 g/mol. The molecule has 3 aromatic carbocycles. The van der Waals surface area contributed by atoms with Gasteiger partial charge < -0.3 is 14.6 Å². The largest absolute Gasteiger partial charge is 0.378 e. The summed E-state index contributed by atoms with van der Waals surface area (Å²) in [5.41, 5.74) is 9.35. The van der Waals surface area contributed by atoms with Gasteiger partial charge in [-0.1, -0.05) is 54.6 Å². The summed E-state index contributed by atoms with van der Waals surface area (Å²) in [5, 5.41) is 2.35. The minimum absolute atomic E-state index is 0.800. The number of rotatable bonds is 4. The van der Waals surface area contributed by atoms with E-state index < -0.39 is 0 Å². The Kier molecular flexibility index (Phi) is 5.36. The van der Waals surface area contributed by atoms with Crippen LogP contribution in [0.25, 0.3) is 45.2 Å². The highest BCUT2D eigenvalue weighted by Gasteiger charge is 2.13. The average Bonchev–Trinajstić information content (AvgIpc) is 3.26. The van der Waals surface area contributed by atoms with Crippen molar-refractivity contribution in [1.82, 2.24) is 9.97 Å². The van der Waals surface area contributed by atoms with Crippen LogP contribution >= 0.6 is 0 Å². The molecule has 0 bridgehead atoms. The van der Waals surface area contributed by atoms with Gasteiger partial charge >= 0.3 is 0 Å². The van der Waals surface area contributed by atoms with Crippen molar-refractivity contribution in [2.75, 3.05) is 31.2 Å². The summed E-state index contributed by atoms with van der Waals surface area (Å²) in [6.07, 6.45) is 6.17. The molecular weight excluding hydrogens is 418 g/mol. The fourth-order valence-electron chi connectivity index (χ4n) is 4.79. The van der Waals surface area contributed by atoms with E-state index in [-0.39, 0.29) is 0 Å². The molecule has 4 heteroatoms. The fraction of sp³-hybridized carbons (Fsp3) is 0.167. The van der Waals surface area contributed by atoms with Gasteiger partial charge in [-0.05, 0) is 65.1 Å². The zero-order valence-electron chi connectivity index (χ0n) is 19.3. The highest BCUT2D eigenvalue weighted by molar-refractivity contribution is 6.08. The maximum absolute atomic E-state index is 5.51. The van der Waals surface area contributed by atoms with Crippen molar-refractivity contribution in [2.24, 2.45) is 0 Å². The first-order valence-electron chi connectivity index (χ1n) is 11.8. The zero-order chi connectivity index (χ0) is 22.9. The quantitative estimate of drug-likeness (QED) is 0.335. The molecule has 2 aromatic heterocycles. The molecule has 168 valence electrons.